The first-order valence-electron chi connectivity index (χ1n) is 8.41. The lowest BCUT2D eigenvalue weighted by Crippen LogP contribution is -2.46. The van der Waals surface area contributed by atoms with Gasteiger partial charge < -0.3 is 26.0 Å². The summed E-state index contributed by atoms with van der Waals surface area (Å²) in [6, 6.07) is 6.10. The first-order chi connectivity index (χ1) is 13.2. The zero-order valence-electron chi connectivity index (χ0n) is 16.0. The predicted octanol–water partition coefficient (Wildman–Crippen LogP) is 2.00. The number of carboxylic acids is 2. The van der Waals surface area contributed by atoms with E-state index in [1.807, 2.05) is 38.1 Å². The molecule has 2 rings (SSSR count). The summed E-state index contributed by atoms with van der Waals surface area (Å²) in [4.78, 5) is 25.1. The second-order valence-electron chi connectivity index (χ2n) is 5.85. The number of nitrogens with two attached hydrogens (primary N) is 1. The minimum absolute atomic E-state index is 0.120. The summed E-state index contributed by atoms with van der Waals surface area (Å²) in [6.07, 6.45) is 9.38. The molecule has 2 unspecified atom stereocenters. The van der Waals surface area contributed by atoms with Crippen LogP contribution >= 0.6 is 0 Å². The number of aliphatic hydroxyl groups is 1. The van der Waals surface area contributed by atoms with E-state index in [-0.39, 0.29) is 6.42 Å². The second-order valence-corrected chi connectivity index (χ2v) is 5.85. The van der Waals surface area contributed by atoms with Gasteiger partial charge in [0.15, 0.2) is 5.60 Å². The quantitative estimate of drug-likeness (QED) is 0.462. The van der Waals surface area contributed by atoms with Crippen LogP contribution < -0.4 is 5.73 Å². The molecule has 28 heavy (non-hydrogen) atoms. The van der Waals surface area contributed by atoms with Crippen LogP contribution in [0, 0.1) is 24.7 Å². The Morgan fingerprint density at radius 3 is 2.29 bits per heavy atom. The minimum atomic E-state index is -2.17. The van der Waals surface area contributed by atoms with E-state index in [4.69, 9.17) is 10.8 Å². The van der Waals surface area contributed by atoms with Crippen LogP contribution in [0.4, 0.5) is 0 Å². The number of aromatic nitrogens is 1. The van der Waals surface area contributed by atoms with Crippen LogP contribution in [-0.4, -0.2) is 43.9 Å². The molecule has 0 aliphatic carbocycles. The number of aromatic amines is 1. The van der Waals surface area contributed by atoms with Crippen LogP contribution in [0.1, 0.15) is 32.3 Å². The largest absolute Gasteiger partial charge is 0.480 e. The number of carboxylic acid groups (broad SMARTS) is 2. The molecule has 7 nitrogen and oxygen atoms in total. The zero-order chi connectivity index (χ0) is 21.7. The van der Waals surface area contributed by atoms with E-state index in [9.17, 15) is 19.8 Å². The van der Waals surface area contributed by atoms with Crippen LogP contribution in [0.3, 0.4) is 0 Å². The highest BCUT2D eigenvalue weighted by molar-refractivity contribution is 5.83. The molecule has 0 bridgehead atoms. The predicted molar refractivity (Wildman–Crippen MR) is 108 cm³/mol. The summed E-state index contributed by atoms with van der Waals surface area (Å²) >= 11 is 0. The van der Waals surface area contributed by atoms with Gasteiger partial charge in [-0.1, -0.05) is 18.2 Å². The van der Waals surface area contributed by atoms with Crippen molar-refractivity contribution >= 4 is 22.8 Å². The van der Waals surface area contributed by atoms with Gasteiger partial charge in [-0.25, -0.2) is 4.79 Å². The highest BCUT2D eigenvalue weighted by Gasteiger charge is 2.39. The van der Waals surface area contributed by atoms with E-state index in [2.05, 4.69) is 29.7 Å². The number of benzene rings is 1. The van der Waals surface area contributed by atoms with Crippen LogP contribution in [0.15, 0.2) is 30.5 Å². The Morgan fingerprint density at radius 2 is 1.79 bits per heavy atom. The molecule has 2 atom stereocenters. The number of nitrogens with one attached hydrogen (secondary N) is 1. The molecular formula is C21H26N2O5. The monoisotopic (exact) mass is 386 g/mol. The van der Waals surface area contributed by atoms with Crippen molar-refractivity contribution in [3.8, 4) is 24.7 Å². The fourth-order valence-electron chi connectivity index (χ4n) is 2.43. The summed E-state index contributed by atoms with van der Waals surface area (Å²) in [5, 5.41) is 29.2. The first kappa shape index (κ1) is 24.7. The number of fused-ring (bicyclic) bond motifs is 1. The Labute approximate surface area is 164 Å². The van der Waals surface area contributed by atoms with Gasteiger partial charge in [0.1, 0.15) is 6.04 Å². The van der Waals surface area contributed by atoms with Gasteiger partial charge in [0, 0.05) is 23.5 Å². The van der Waals surface area contributed by atoms with Crippen LogP contribution in [0.25, 0.3) is 10.9 Å². The third-order valence-electron chi connectivity index (χ3n) is 4.01. The Bertz CT molecular complexity index is 854. The molecule has 2 aromatic rings. The van der Waals surface area contributed by atoms with E-state index < -0.39 is 30.0 Å². The number of hydrogen-bond donors (Lipinski definition) is 5. The van der Waals surface area contributed by atoms with Gasteiger partial charge in [-0.2, -0.15) is 0 Å². The van der Waals surface area contributed by atoms with E-state index in [0.717, 1.165) is 16.5 Å². The highest BCUT2D eigenvalue weighted by Crippen LogP contribution is 2.24. The molecule has 6 N–H and O–H groups in total. The normalized spacial score (nSPS) is 12.6. The van der Waals surface area contributed by atoms with Crippen LogP contribution in [0.2, 0.25) is 0 Å². The maximum absolute atomic E-state index is 11.3. The number of terminal acetylenes is 1. The summed E-state index contributed by atoms with van der Waals surface area (Å²) in [5.41, 5.74) is 4.96. The standard InChI is InChI=1S/C15H18N2O5.C4H6.C2H2/c16-11(13(18)19)7-15(22,14(20)21)6-5-9-8-17-12-4-2-1-3-10(9)12;1-3-4-2;1-2/h1-4,8,11,17,22H,5-7,16H2,(H,18,19)(H,20,21);1-2H3;1-2H. The molecule has 0 spiro atoms. The Hall–Kier alpha value is -3.26. The SMILES string of the molecule is C#C.CC#CC.NC(CC(O)(CCc1c[nH]c2ccccc12)C(=O)O)C(=O)O. The molecule has 0 saturated heterocycles. The van der Waals surface area contributed by atoms with Crippen LogP contribution in [0.5, 0.6) is 0 Å². The van der Waals surface area contributed by atoms with E-state index in [1.54, 1.807) is 6.20 Å². The number of H-pyrrole nitrogens is 1. The molecule has 7 heteroatoms. The molecule has 0 fully saturated rings. The van der Waals surface area contributed by atoms with Gasteiger partial charge >= 0.3 is 11.9 Å². The topological polar surface area (TPSA) is 137 Å². The fourth-order valence-corrected chi connectivity index (χ4v) is 2.43. The third kappa shape index (κ3) is 7.16. The molecule has 0 aliphatic heterocycles. The smallest absolute Gasteiger partial charge is 0.335 e. The lowest BCUT2D eigenvalue weighted by atomic mass is 9.88. The number of aryl methyl sites for hydroxylation is 1. The van der Waals surface area contributed by atoms with Gasteiger partial charge in [0.05, 0.1) is 0 Å². The summed E-state index contributed by atoms with van der Waals surface area (Å²) in [7, 11) is 0. The van der Waals surface area contributed by atoms with Gasteiger partial charge in [0.25, 0.3) is 0 Å². The number of carbonyl (C=O) groups is 2. The number of para-hydroxylation sites is 1. The van der Waals surface area contributed by atoms with Gasteiger partial charge in [-0.15, -0.1) is 24.7 Å². The average molecular weight is 386 g/mol. The van der Waals surface area contributed by atoms with Crippen molar-refractivity contribution in [1.82, 2.24) is 4.98 Å². The lowest BCUT2D eigenvalue weighted by Gasteiger charge is -2.25. The average Bonchev–Trinajstić information content (AvgIpc) is 3.11. The van der Waals surface area contributed by atoms with Crippen molar-refractivity contribution in [1.29, 1.82) is 0 Å². The van der Waals surface area contributed by atoms with E-state index in [0.29, 0.717) is 6.42 Å². The molecule has 0 saturated carbocycles. The summed E-state index contributed by atoms with van der Waals surface area (Å²) < 4.78 is 0. The van der Waals surface area contributed by atoms with Crippen molar-refractivity contribution in [2.45, 2.75) is 44.8 Å². The molecule has 1 aromatic heterocycles. The molecule has 0 aliphatic rings. The summed E-state index contributed by atoms with van der Waals surface area (Å²) in [6.45, 7) is 3.64. The lowest BCUT2D eigenvalue weighted by molar-refractivity contribution is -0.161. The Morgan fingerprint density at radius 1 is 1.21 bits per heavy atom. The van der Waals surface area contributed by atoms with Crippen molar-refractivity contribution in [3.63, 3.8) is 0 Å². The number of aliphatic carboxylic acids is 2. The summed E-state index contributed by atoms with van der Waals surface area (Å²) in [5.74, 6) is 2.55. The fraction of sp³-hybridized carbons (Fsp3) is 0.333. The van der Waals surface area contributed by atoms with Crippen molar-refractivity contribution in [2.24, 2.45) is 5.73 Å². The Kier molecular flexibility index (Phi) is 10.8. The van der Waals surface area contributed by atoms with E-state index in [1.165, 1.54) is 0 Å². The van der Waals surface area contributed by atoms with Crippen molar-refractivity contribution < 1.29 is 24.9 Å². The van der Waals surface area contributed by atoms with Gasteiger partial charge in [0.2, 0.25) is 0 Å². The van der Waals surface area contributed by atoms with Gasteiger partial charge in [-0.3, -0.25) is 4.79 Å². The van der Waals surface area contributed by atoms with Crippen molar-refractivity contribution in [2.75, 3.05) is 0 Å². The minimum Gasteiger partial charge on any atom is -0.480 e. The zero-order valence-corrected chi connectivity index (χ0v) is 16.0. The number of rotatable bonds is 7. The number of hydrogen-bond acceptors (Lipinski definition) is 4. The molecule has 0 radical (unpaired) electrons. The maximum atomic E-state index is 11.3. The first-order valence-corrected chi connectivity index (χ1v) is 8.41. The van der Waals surface area contributed by atoms with Gasteiger partial charge in [-0.05, 0) is 38.3 Å². The maximum Gasteiger partial charge on any atom is 0.335 e. The second kappa shape index (κ2) is 12.2. The molecule has 150 valence electrons. The van der Waals surface area contributed by atoms with Crippen LogP contribution in [-0.2, 0) is 16.0 Å². The third-order valence-corrected chi connectivity index (χ3v) is 4.01. The Balaban J connectivity index is 0.00000108. The molecular weight excluding hydrogens is 360 g/mol. The van der Waals surface area contributed by atoms with E-state index >= 15 is 0 Å². The highest BCUT2D eigenvalue weighted by atomic mass is 16.4. The molecule has 1 aromatic carbocycles. The molecule has 1 heterocycles. The van der Waals surface area contributed by atoms with Crippen molar-refractivity contribution in [3.05, 3.63) is 36.0 Å². The molecule has 0 amide bonds.